The lowest BCUT2D eigenvalue weighted by Crippen LogP contribution is -2.48. The molecule has 2 aromatic carbocycles. The average Bonchev–Trinajstić information content (AvgIpc) is 2.80. The molecule has 32 heavy (non-hydrogen) atoms. The number of halogens is 1. The van der Waals surface area contributed by atoms with Crippen molar-refractivity contribution < 1.29 is 27.5 Å². The molecule has 1 fully saturated rings. The zero-order valence-corrected chi connectivity index (χ0v) is 19.5. The molecule has 0 bridgehead atoms. The highest BCUT2D eigenvalue weighted by atomic mass is 35.5. The van der Waals surface area contributed by atoms with E-state index in [1.807, 2.05) is 6.92 Å². The van der Waals surface area contributed by atoms with Gasteiger partial charge in [-0.1, -0.05) is 30.7 Å². The second-order valence-corrected chi connectivity index (χ2v) is 9.61. The smallest absolute Gasteiger partial charge is 0.345 e. The number of esters is 2. The summed E-state index contributed by atoms with van der Waals surface area (Å²) in [5.41, 5.74) is 0.657. The number of piperazine rings is 1. The molecule has 0 amide bonds. The van der Waals surface area contributed by atoms with Crippen molar-refractivity contribution in [1.29, 1.82) is 0 Å². The van der Waals surface area contributed by atoms with E-state index in [0.29, 0.717) is 31.7 Å². The van der Waals surface area contributed by atoms with Crippen LogP contribution in [0.5, 0.6) is 5.75 Å². The second kappa shape index (κ2) is 10.4. The molecule has 10 heteroatoms. The van der Waals surface area contributed by atoms with Crippen LogP contribution in [0.2, 0.25) is 5.02 Å². The Balaban J connectivity index is 1.75. The van der Waals surface area contributed by atoms with Gasteiger partial charge in [0.25, 0.3) is 0 Å². The minimum absolute atomic E-state index is 0.00720. The third kappa shape index (κ3) is 5.66. The molecule has 0 spiro atoms. The summed E-state index contributed by atoms with van der Waals surface area (Å²) in [6, 6.07) is 10.4. The Morgan fingerprint density at radius 1 is 1.03 bits per heavy atom. The summed E-state index contributed by atoms with van der Waals surface area (Å²) in [6.45, 7) is 4.99. The largest absolute Gasteiger partial charge is 0.469 e. The van der Waals surface area contributed by atoms with E-state index < -0.39 is 16.0 Å². The Labute approximate surface area is 192 Å². The van der Waals surface area contributed by atoms with Crippen LogP contribution in [0.1, 0.15) is 22.8 Å². The van der Waals surface area contributed by atoms with Crippen LogP contribution < -0.4 is 4.74 Å². The first-order valence-electron chi connectivity index (χ1n) is 10.1. The van der Waals surface area contributed by atoms with Crippen molar-refractivity contribution in [2.75, 3.05) is 39.8 Å². The van der Waals surface area contributed by atoms with Crippen LogP contribution in [-0.4, -0.2) is 69.4 Å². The molecule has 0 N–H and O–H groups in total. The van der Waals surface area contributed by atoms with Crippen molar-refractivity contribution >= 4 is 33.6 Å². The number of benzene rings is 2. The highest BCUT2D eigenvalue weighted by Gasteiger charge is 2.29. The van der Waals surface area contributed by atoms with Gasteiger partial charge in [-0.3, -0.25) is 4.79 Å². The summed E-state index contributed by atoms with van der Waals surface area (Å²) in [6.07, 6.45) is 0.100. The van der Waals surface area contributed by atoms with Crippen molar-refractivity contribution in [2.45, 2.75) is 18.2 Å². The normalized spacial score (nSPS) is 15.3. The minimum atomic E-state index is -3.76. The Bertz CT molecular complexity index is 1080. The molecule has 0 saturated carbocycles. The molecule has 0 aromatic heterocycles. The number of nitrogens with zero attached hydrogens (tertiary/aromatic N) is 2. The Kier molecular flexibility index (Phi) is 7.89. The van der Waals surface area contributed by atoms with Gasteiger partial charge in [-0.05, 0) is 42.4 Å². The molecule has 8 nitrogen and oxygen atoms in total. The van der Waals surface area contributed by atoms with Crippen LogP contribution in [0.4, 0.5) is 0 Å². The Morgan fingerprint density at radius 2 is 1.69 bits per heavy atom. The molecule has 1 aliphatic heterocycles. The molecule has 3 rings (SSSR count). The lowest BCUT2D eigenvalue weighted by molar-refractivity contribution is -0.139. The van der Waals surface area contributed by atoms with Crippen LogP contribution >= 0.6 is 11.6 Å². The quantitative estimate of drug-likeness (QED) is 0.444. The maximum Gasteiger partial charge on any atom is 0.345 e. The van der Waals surface area contributed by atoms with Crippen molar-refractivity contribution in [3.8, 4) is 5.75 Å². The van der Waals surface area contributed by atoms with Crippen LogP contribution in [0.25, 0.3) is 0 Å². The van der Waals surface area contributed by atoms with E-state index >= 15 is 0 Å². The molecular formula is C22H25ClN2O6S. The molecule has 0 unspecified atom stereocenters. The fraction of sp³-hybridized carbons (Fsp3) is 0.364. The molecule has 1 aliphatic rings. The number of sulfonamides is 1. The molecule has 2 aromatic rings. The Morgan fingerprint density at radius 3 is 2.28 bits per heavy atom. The van der Waals surface area contributed by atoms with E-state index in [1.165, 1.54) is 41.7 Å². The van der Waals surface area contributed by atoms with Gasteiger partial charge in [0, 0.05) is 26.2 Å². The Hall–Kier alpha value is -2.46. The summed E-state index contributed by atoms with van der Waals surface area (Å²) in [7, 11) is -2.46. The van der Waals surface area contributed by atoms with Gasteiger partial charge in [0.1, 0.15) is 5.75 Å². The lowest BCUT2D eigenvalue weighted by Gasteiger charge is -2.33. The average molecular weight is 481 g/mol. The molecule has 1 saturated heterocycles. The van der Waals surface area contributed by atoms with Gasteiger partial charge in [0.15, 0.2) is 0 Å². The summed E-state index contributed by atoms with van der Waals surface area (Å²) in [5, 5.41) is 0.0899. The first-order valence-corrected chi connectivity index (χ1v) is 12.0. The van der Waals surface area contributed by atoms with E-state index in [2.05, 4.69) is 9.64 Å². The molecule has 1 heterocycles. The number of hydrogen-bond acceptors (Lipinski definition) is 7. The van der Waals surface area contributed by atoms with Crippen molar-refractivity contribution in [2.24, 2.45) is 0 Å². The van der Waals surface area contributed by atoms with Gasteiger partial charge in [0.05, 0.1) is 29.0 Å². The minimum Gasteiger partial charge on any atom is -0.469 e. The van der Waals surface area contributed by atoms with Crippen molar-refractivity contribution in [3.05, 3.63) is 58.6 Å². The third-order valence-corrected chi connectivity index (χ3v) is 7.51. The van der Waals surface area contributed by atoms with Gasteiger partial charge >= 0.3 is 11.9 Å². The monoisotopic (exact) mass is 480 g/mol. The molecule has 0 atom stereocenters. The van der Waals surface area contributed by atoms with Gasteiger partial charge in [-0.2, -0.15) is 4.31 Å². The molecule has 172 valence electrons. The van der Waals surface area contributed by atoms with Crippen LogP contribution in [-0.2, 0) is 26.0 Å². The summed E-state index contributed by atoms with van der Waals surface area (Å²) < 4.78 is 37.5. The lowest BCUT2D eigenvalue weighted by atomic mass is 10.1. The van der Waals surface area contributed by atoms with Gasteiger partial charge in [-0.15, -0.1) is 0 Å². The van der Waals surface area contributed by atoms with Crippen LogP contribution in [0, 0.1) is 0 Å². The molecular weight excluding hydrogens is 456 g/mol. The number of ether oxygens (including phenoxy) is 2. The molecule has 0 radical (unpaired) electrons. The number of carbonyl (C=O) groups excluding carboxylic acids is 2. The third-order valence-electron chi connectivity index (χ3n) is 5.28. The zero-order chi connectivity index (χ0) is 23.3. The number of rotatable bonds is 7. The fourth-order valence-corrected chi connectivity index (χ4v) is 4.98. The second-order valence-electron chi connectivity index (χ2n) is 7.27. The number of carbonyl (C=O) groups is 2. The van der Waals surface area contributed by atoms with E-state index in [1.54, 1.807) is 12.1 Å². The van der Waals surface area contributed by atoms with Gasteiger partial charge in [-0.25, -0.2) is 13.2 Å². The number of hydrogen-bond donors (Lipinski definition) is 0. The number of likely N-dealkylation sites (N-methyl/N-ethyl adjacent to an activating group) is 1. The molecule has 0 aliphatic carbocycles. The van der Waals surface area contributed by atoms with Crippen LogP contribution in [0.15, 0.2) is 47.4 Å². The SMILES string of the molecule is CCN1CCN(S(=O)(=O)c2ccc(Cl)c(C(=O)Oc3ccc(CC(=O)OC)cc3)c2)CC1. The predicted octanol–water partition coefficient (Wildman–Crippen LogP) is 2.60. The standard InChI is InChI=1S/C22H25ClN2O6S/c1-3-24-10-12-25(13-11-24)32(28,29)18-8-9-20(23)19(15-18)22(27)31-17-6-4-16(5-7-17)14-21(26)30-2/h4-9,15H,3,10-14H2,1-2H3. The zero-order valence-electron chi connectivity index (χ0n) is 17.9. The summed E-state index contributed by atoms with van der Waals surface area (Å²) in [4.78, 5) is 26.2. The van der Waals surface area contributed by atoms with Gasteiger partial charge < -0.3 is 14.4 Å². The topological polar surface area (TPSA) is 93.2 Å². The predicted molar refractivity (Wildman–Crippen MR) is 119 cm³/mol. The van der Waals surface area contributed by atoms with Crippen molar-refractivity contribution in [1.82, 2.24) is 9.21 Å². The first kappa shape index (κ1) is 24.2. The van der Waals surface area contributed by atoms with Crippen molar-refractivity contribution in [3.63, 3.8) is 0 Å². The van der Waals surface area contributed by atoms with E-state index in [-0.39, 0.29) is 33.6 Å². The fourth-order valence-electron chi connectivity index (χ4n) is 3.33. The highest BCUT2D eigenvalue weighted by Crippen LogP contribution is 2.25. The number of methoxy groups -OCH3 is 1. The summed E-state index contributed by atoms with van der Waals surface area (Å²) in [5.74, 6) is -0.914. The highest BCUT2D eigenvalue weighted by molar-refractivity contribution is 7.89. The maximum absolute atomic E-state index is 13.1. The first-order chi connectivity index (χ1) is 15.2. The summed E-state index contributed by atoms with van der Waals surface area (Å²) >= 11 is 6.16. The van der Waals surface area contributed by atoms with Gasteiger partial charge in [0.2, 0.25) is 10.0 Å². The van der Waals surface area contributed by atoms with Crippen LogP contribution in [0.3, 0.4) is 0 Å². The van der Waals surface area contributed by atoms with E-state index in [4.69, 9.17) is 16.3 Å². The van der Waals surface area contributed by atoms with E-state index in [0.717, 1.165) is 6.54 Å². The van der Waals surface area contributed by atoms with E-state index in [9.17, 15) is 18.0 Å². The maximum atomic E-state index is 13.1.